The van der Waals surface area contributed by atoms with Crippen LogP contribution in [0.1, 0.15) is 30.2 Å². The maximum absolute atomic E-state index is 10.8. The topological polar surface area (TPSA) is 45.2 Å². The fourth-order valence-corrected chi connectivity index (χ4v) is 4.30. The number of fused-ring (bicyclic) bond motifs is 1. The predicted molar refractivity (Wildman–Crippen MR) is 105 cm³/mol. The van der Waals surface area contributed by atoms with Gasteiger partial charge in [0, 0.05) is 43.3 Å². The van der Waals surface area contributed by atoms with Gasteiger partial charge in [0.2, 0.25) is 0 Å². The van der Waals surface area contributed by atoms with Crippen LogP contribution in [0.3, 0.4) is 0 Å². The molecule has 0 radical (unpaired) electrons. The fourth-order valence-electron chi connectivity index (χ4n) is 4.30. The van der Waals surface area contributed by atoms with Gasteiger partial charge in [-0.3, -0.25) is 9.80 Å². The highest BCUT2D eigenvalue weighted by molar-refractivity contribution is 5.38. The van der Waals surface area contributed by atoms with E-state index in [4.69, 9.17) is 9.47 Å². The van der Waals surface area contributed by atoms with E-state index in [0.717, 1.165) is 43.2 Å². The monoisotopic (exact) mass is 368 g/mol. The van der Waals surface area contributed by atoms with Gasteiger partial charge < -0.3 is 14.6 Å². The van der Waals surface area contributed by atoms with Gasteiger partial charge in [0.1, 0.15) is 24.2 Å². The van der Waals surface area contributed by atoms with Crippen LogP contribution in [0.2, 0.25) is 0 Å². The van der Waals surface area contributed by atoms with Crippen molar-refractivity contribution < 1.29 is 14.6 Å². The molecular weight excluding hydrogens is 340 g/mol. The molecule has 0 amide bonds. The van der Waals surface area contributed by atoms with E-state index in [1.807, 2.05) is 36.4 Å². The summed E-state index contributed by atoms with van der Waals surface area (Å²) in [5.74, 6) is 1.75. The van der Waals surface area contributed by atoms with E-state index in [1.54, 1.807) is 7.11 Å². The average Bonchev–Trinajstić information content (AvgIpc) is 2.74. The number of nitrogens with zero attached hydrogens (tertiary/aromatic N) is 2. The minimum Gasteiger partial charge on any atom is -0.496 e. The van der Waals surface area contributed by atoms with Crippen LogP contribution < -0.4 is 9.47 Å². The quantitative estimate of drug-likeness (QED) is 0.899. The summed E-state index contributed by atoms with van der Waals surface area (Å²) in [6, 6.07) is 16.4. The third kappa shape index (κ3) is 3.55. The lowest BCUT2D eigenvalue weighted by atomic mass is 9.97. The zero-order chi connectivity index (χ0) is 18.8. The van der Waals surface area contributed by atoms with Gasteiger partial charge in [-0.05, 0) is 19.1 Å². The Morgan fingerprint density at radius 2 is 1.74 bits per heavy atom. The molecular formula is C22H28N2O3. The normalized spacial score (nSPS) is 24.7. The van der Waals surface area contributed by atoms with E-state index in [0.29, 0.717) is 12.6 Å². The van der Waals surface area contributed by atoms with E-state index >= 15 is 0 Å². The van der Waals surface area contributed by atoms with E-state index in [-0.39, 0.29) is 6.04 Å². The number of methoxy groups -OCH3 is 1. The average molecular weight is 368 g/mol. The highest BCUT2D eigenvalue weighted by Gasteiger charge is 2.35. The van der Waals surface area contributed by atoms with E-state index in [1.165, 1.54) is 5.56 Å². The molecule has 0 aromatic heterocycles. The summed E-state index contributed by atoms with van der Waals surface area (Å²) in [5.41, 5.74) is 2.13. The zero-order valence-electron chi connectivity index (χ0n) is 16.0. The number of aliphatic hydroxyl groups excluding tert-OH is 1. The molecule has 2 heterocycles. The largest absolute Gasteiger partial charge is 0.496 e. The van der Waals surface area contributed by atoms with Crippen molar-refractivity contribution in [3.63, 3.8) is 0 Å². The molecule has 4 rings (SSSR count). The summed E-state index contributed by atoms with van der Waals surface area (Å²) in [4.78, 5) is 4.85. The SMILES string of the molecule is COc1ccccc1[C@@H](C)N1CCN([C@H]2COc3ccccc3[C@@H]2O)CC1. The smallest absolute Gasteiger partial charge is 0.125 e. The van der Waals surface area contributed by atoms with Crippen LogP contribution in [-0.4, -0.2) is 60.8 Å². The first-order chi connectivity index (χ1) is 13.2. The molecule has 5 heteroatoms. The maximum atomic E-state index is 10.8. The van der Waals surface area contributed by atoms with Crippen LogP contribution in [0.15, 0.2) is 48.5 Å². The molecule has 0 saturated carbocycles. The van der Waals surface area contributed by atoms with Crippen LogP contribution >= 0.6 is 0 Å². The third-order valence-corrected chi connectivity index (χ3v) is 5.97. The molecule has 0 unspecified atom stereocenters. The van der Waals surface area contributed by atoms with Crippen molar-refractivity contribution in [1.29, 1.82) is 0 Å². The second-order valence-electron chi connectivity index (χ2n) is 7.35. The van der Waals surface area contributed by atoms with E-state index in [2.05, 4.69) is 28.9 Å². The Hall–Kier alpha value is -2.08. The Morgan fingerprint density at radius 1 is 1.04 bits per heavy atom. The van der Waals surface area contributed by atoms with Crippen molar-refractivity contribution >= 4 is 0 Å². The van der Waals surface area contributed by atoms with Gasteiger partial charge >= 0.3 is 0 Å². The molecule has 0 bridgehead atoms. The standard InChI is InChI=1S/C22H28N2O3/c1-16(17-7-3-5-9-20(17)26-2)23-11-13-24(14-12-23)19-15-27-21-10-6-4-8-18(21)22(19)25/h3-10,16,19,22,25H,11-15H2,1-2H3/t16-,19+,22+/m1/s1. The van der Waals surface area contributed by atoms with Crippen molar-refractivity contribution in [3.05, 3.63) is 59.7 Å². The molecule has 3 atom stereocenters. The first-order valence-electron chi connectivity index (χ1n) is 9.70. The first kappa shape index (κ1) is 18.3. The van der Waals surface area contributed by atoms with E-state index in [9.17, 15) is 5.11 Å². The summed E-state index contributed by atoms with van der Waals surface area (Å²) in [6.45, 7) is 6.55. The minimum atomic E-state index is -0.492. The Kier molecular flexibility index (Phi) is 5.34. The Labute approximate surface area is 161 Å². The molecule has 5 nitrogen and oxygen atoms in total. The molecule has 0 spiro atoms. The Morgan fingerprint density at radius 3 is 2.52 bits per heavy atom. The second kappa shape index (κ2) is 7.89. The lowest BCUT2D eigenvalue weighted by Gasteiger charge is -2.44. The van der Waals surface area contributed by atoms with Crippen LogP contribution in [0.4, 0.5) is 0 Å². The molecule has 1 N–H and O–H groups in total. The molecule has 2 aromatic rings. The van der Waals surface area contributed by atoms with Gasteiger partial charge in [0.25, 0.3) is 0 Å². The fraction of sp³-hybridized carbons (Fsp3) is 0.455. The lowest BCUT2D eigenvalue weighted by Crippen LogP contribution is -2.54. The summed E-state index contributed by atoms with van der Waals surface area (Å²) >= 11 is 0. The molecule has 1 fully saturated rings. The van der Waals surface area contributed by atoms with Gasteiger partial charge in [-0.25, -0.2) is 0 Å². The lowest BCUT2D eigenvalue weighted by molar-refractivity contribution is -0.0224. The van der Waals surface area contributed by atoms with Crippen molar-refractivity contribution in [2.24, 2.45) is 0 Å². The predicted octanol–water partition coefficient (Wildman–Crippen LogP) is 2.87. The van der Waals surface area contributed by atoms with Gasteiger partial charge in [0.15, 0.2) is 0 Å². The molecule has 2 aromatic carbocycles. The van der Waals surface area contributed by atoms with Gasteiger partial charge in [-0.2, -0.15) is 0 Å². The van der Waals surface area contributed by atoms with Crippen LogP contribution in [0, 0.1) is 0 Å². The zero-order valence-corrected chi connectivity index (χ0v) is 16.0. The van der Waals surface area contributed by atoms with Crippen molar-refractivity contribution in [1.82, 2.24) is 9.80 Å². The van der Waals surface area contributed by atoms with Gasteiger partial charge in [-0.15, -0.1) is 0 Å². The highest BCUT2D eigenvalue weighted by Crippen LogP contribution is 2.35. The van der Waals surface area contributed by atoms with Crippen LogP contribution in [0.25, 0.3) is 0 Å². The summed E-state index contributed by atoms with van der Waals surface area (Å²) < 4.78 is 11.4. The highest BCUT2D eigenvalue weighted by atomic mass is 16.5. The molecule has 2 aliphatic heterocycles. The van der Waals surface area contributed by atoms with Gasteiger partial charge in [0.05, 0.1) is 13.2 Å². The number of hydrogen-bond donors (Lipinski definition) is 1. The number of ether oxygens (including phenoxy) is 2. The number of aliphatic hydroxyl groups is 1. The third-order valence-electron chi connectivity index (χ3n) is 5.97. The minimum absolute atomic E-state index is 0.0172. The number of benzene rings is 2. The molecule has 144 valence electrons. The molecule has 2 aliphatic rings. The summed E-state index contributed by atoms with van der Waals surface area (Å²) in [7, 11) is 1.73. The molecule has 27 heavy (non-hydrogen) atoms. The summed E-state index contributed by atoms with van der Waals surface area (Å²) in [5, 5.41) is 10.8. The number of hydrogen-bond acceptors (Lipinski definition) is 5. The van der Waals surface area contributed by atoms with Crippen LogP contribution in [-0.2, 0) is 0 Å². The maximum Gasteiger partial charge on any atom is 0.125 e. The Balaban J connectivity index is 1.41. The number of piperazine rings is 1. The Bertz CT molecular complexity index is 774. The van der Waals surface area contributed by atoms with Gasteiger partial charge in [-0.1, -0.05) is 36.4 Å². The molecule has 0 aliphatic carbocycles. The van der Waals surface area contributed by atoms with Crippen molar-refractivity contribution in [3.8, 4) is 11.5 Å². The van der Waals surface area contributed by atoms with Crippen LogP contribution in [0.5, 0.6) is 11.5 Å². The summed E-state index contributed by atoms with van der Waals surface area (Å²) in [6.07, 6.45) is -0.492. The first-order valence-corrected chi connectivity index (χ1v) is 9.70. The van der Waals surface area contributed by atoms with Crippen molar-refractivity contribution in [2.75, 3.05) is 39.9 Å². The molecule has 1 saturated heterocycles. The number of rotatable bonds is 4. The second-order valence-corrected chi connectivity index (χ2v) is 7.35. The van der Waals surface area contributed by atoms with E-state index < -0.39 is 6.10 Å². The number of para-hydroxylation sites is 2. The van der Waals surface area contributed by atoms with Crippen molar-refractivity contribution in [2.45, 2.75) is 25.1 Å².